The molecule has 1 aromatic carbocycles. The Morgan fingerprint density at radius 3 is 2.65 bits per heavy atom. The molecule has 1 aromatic heterocycles. The van der Waals surface area contributed by atoms with E-state index in [1.807, 2.05) is 30.3 Å². The Morgan fingerprint density at radius 2 is 1.88 bits per heavy atom. The van der Waals surface area contributed by atoms with Gasteiger partial charge in [-0.2, -0.15) is 0 Å². The van der Waals surface area contributed by atoms with E-state index in [2.05, 4.69) is 9.97 Å². The van der Waals surface area contributed by atoms with Crippen LogP contribution >= 0.6 is 0 Å². The zero-order valence-corrected chi connectivity index (χ0v) is 9.69. The summed E-state index contributed by atoms with van der Waals surface area (Å²) >= 11 is 0. The van der Waals surface area contributed by atoms with Gasteiger partial charge < -0.3 is 5.73 Å². The molecule has 1 aliphatic rings. The average Bonchev–Trinajstić information content (AvgIpc) is 2.86. The van der Waals surface area contributed by atoms with Gasteiger partial charge in [-0.05, 0) is 24.8 Å². The molecule has 0 fully saturated rings. The minimum absolute atomic E-state index is 0.505. The molecule has 3 nitrogen and oxygen atoms in total. The molecule has 0 radical (unpaired) electrons. The van der Waals surface area contributed by atoms with Crippen molar-refractivity contribution < 1.29 is 0 Å². The molecule has 0 bridgehead atoms. The Kier molecular flexibility index (Phi) is 2.61. The van der Waals surface area contributed by atoms with Crippen molar-refractivity contribution in [2.75, 3.05) is 0 Å². The van der Waals surface area contributed by atoms with E-state index in [-0.39, 0.29) is 0 Å². The molecule has 0 amide bonds. The summed E-state index contributed by atoms with van der Waals surface area (Å²) in [6, 6.07) is 10.1. The van der Waals surface area contributed by atoms with Crippen molar-refractivity contribution in [3.63, 3.8) is 0 Å². The number of rotatable bonds is 2. The minimum Gasteiger partial charge on any atom is -0.325 e. The molecule has 3 heteroatoms. The molecular weight excluding hydrogens is 210 g/mol. The number of fused-ring (bicyclic) bond motifs is 1. The molecule has 0 atom stereocenters. The van der Waals surface area contributed by atoms with Gasteiger partial charge in [-0.1, -0.05) is 30.3 Å². The highest BCUT2D eigenvalue weighted by atomic mass is 14.9. The highest BCUT2D eigenvalue weighted by molar-refractivity contribution is 5.55. The monoisotopic (exact) mass is 225 g/mol. The summed E-state index contributed by atoms with van der Waals surface area (Å²) in [6.45, 7) is 0.505. The van der Waals surface area contributed by atoms with E-state index in [0.717, 1.165) is 29.9 Å². The number of hydrogen-bond donors (Lipinski definition) is 1. The fourth-order valence-corrected chi connectivity index (χ4v) is 2.40. The van der Waals surface area contributed by atoms with E-state index in [4.69, 9.17) is 5.73 Å². The van der Waals surface area contributed by atoms with E-state index in [1.165, 1.54) is 17.7 Å². The molecule has 3 rings (SSSR count). The first kappa shape index (κ1) is 10.4. The Hall–Kier alpha value is -1.74. The van der Waals surface area contributed by atoms with Crippen molar-refractivity contribution in [2.45, 2.75) is 25.8 Å². The zero-order chi connectivity index (χ0) is 11.7. The lowest BCUT2D eigenvalue weighted by Crippen LogP contribution is -2.07. The Balaban J connectivity index is 2.13. The van der Waals surface area contributed by atoms with Gasteiger partial charge in [-0.3, -0.25) is 0 Å². The summed E-state index contributed by atoms with van der Waals surface area (Å²) in [7, 11) is 0. The normalized spacial score (nSPS) is 13.7. The summed E-state index contributed by atoms with van der Waals surface area (Å²) in [6.07, 6.45) is 3.32. The van der Waals surface area contributed by atoms with Gasteiger partial charge in [0.25, 0.3) is 0 Å². The molecule has 0 unspecified atom stereocenters. The second-order valence-electron chi connectivity index (χ2n) is 4.34. The van der Waals surface area contributed by atoms with Crippen LogP contribution in [0.15, 0.2) is 30.3 Å². The van der Waals surface area contributed by atoms with Crippen molar-refractivity contribution in [2.24, 2.45) is 5.73 Å². The molecule has 1 aliphatic carbocycles. The second kappa shape index (κ2) is 4.26. The quantitative estimate of drug-likeness (QED) is 0.851. The fourth-order valence-electron chi connectivity index (χ4n) is 2.40. The van der Waals surface area contributed by atoms with E-state index >= 15 is 0 Å². The SMILES string of the molecule is NCc1nc(-c2ccccc2)nc2c1CCC2. The van der Waals surface area contributed by atoms with E-state index in [1.54, 1.807) is 0 Å². The fraction of sp³-hybridized carbons (Fsp3) is 0.286. The first-order chi connectivity index (χ1) is 8.38. The molecule has 0 saturated carbocycles. The summed E-state index contributed by atoms with van der Waals surface area (Å²) in [4.78, 5) is 9.26. The van der Waals surface area contributed by atoms with Gasteiger partial charge in [0.05, 0.1) is 5.69 Å². The maximum Gasteiger partial charge on any atom is 0.159 e. The number of nitrogens with two attached hydrogens (primary N) is 1. The molecule has 1 heterocycles. The Bertz CT molecular complexity index is 535. The van der Waals surface area contributed by atoms with Crippen LogP contribution in [0.25, 0.3) is 11.4 Å². The number of hydrogen-bond acceptors (Lipinski definition) is 3. The number of aromatic nitrogens is 2. The van der Waals surface area contributed by atoms with Crippen LogP contribution in [0.4, 0.5) is 0 Å². The smallest absolute Gasteiger partial charge is 0.159 e. The number of nitrogens with zero attached hydrogens (tertiary/aromatic N) is 2. The van der Waals surface area contributed by atoms with Crippen LogP contribution in [0.1, 0.15) is 23.4 Å². The standard InChI is InChI=1S/C14H15N3/c15-9-13-11-7-4-8-12(11)16-14(17-13)10-5-2-1-3-6-10/h1-3,5-6H,4,7-9,15H2. The van der Waals surface area contributed by atoms with Crippen molar-refractivity contribution in [3.05, 3.63) is 47.3 Å². The molecule has 0 spiro atoms. The maximum atomic E-state index is 5.78. The average molecular weight is 225 g/mol. The van der Waals surface area contributed by atoms with E-state index in [0.29, 0.717) is 6.54 Å². The minimum atomic E-state index is 0.505. The molecule has 2 aromatic rings. The highest BCUT2D eigenvalue weighted by Gasteiger charge is 2.18. The van der Waals surface area contributed by atoms with Crippen LogP contribution in [-0.4, -0.2) is 9.97 Å². The highest BCUT2D eigenvalue weighted by Crippen LogP contribution is 2.25. The van der Waals surface area contributed by atoms with Crippen LogP contribution < -0.4 is 5.73 Å². The predicted molar refractivity (Wildman–Crippen MR) is 67.4 cm³/mol. The summed E-state index contributed by atoms with van der Waals surface area (Å²) in [5.41, 5.74) is 10.3. The van der Waals surface area contributed by atoms with Crippen molar-refractivity contribution in [3.8, 4) is 11.4 Å². The predicted octanol–water partition coefficient (Wildman–Crippen LogP) is 2.09. The molecular formula is C14H15N3. The zero-order valence-electron chi connectivity index (χ0n) is 9.69. The molecule has 17 heavy (non-hydrogen) atoms. The van der Waals surface area contributed by atoms with Crippen molar-refractivity contribution in [1.29, 1.82) is 0 Å². The van der Waals surface area contributed by atoms with Gasteiger partial charge in [-0.25, -0.2) is 9.97 Å². The Morgan fingerprint density at radius 1 is 1.06 bits per heavy atom. The van der Waals surface area contributed by atoms with Crippen molar-refractivity contribution in [1.82, 2.24) is 9.97 Å². The Labute approximate surface area is 101 Å². The third kappa shape index (κ3) is 1.83. The van der Waals surface area contributed by atoms with Crippen molar-refractivity contribution >= 4 is 0 Å². The van der Waals surface area contributed by atoms with Crippen LogP contribution in [0.5, 0.6) is 0 Å². The topological polar surface area (TPSA) is 51.8 Å². The first-order valence-electron chi connectivity index (χ1n) is 6.02. The van der Waals surface area contributed by atoms with Gasteiger partial charge in [0.1, 0.15) is 0 Å². The third-order valence-corrected chi connectivity index (χ3v) is 3.24. The molecule has 0 saturated heterocycles. The lowest BCUT2D eigenvalue weighted by molar-refractivity contribution is 0.892. The molecule has 86 valence electrons. The molecule has 0 aliphatic heterocycles. The summed E-state index contributed by atoms with van der Waals surface area (Å²) in [5.74, 6) is 0.812. The lowest BCUT2D eigenvalue weighted by atomic mass is 10.1. The van der Waals surface area contributed by atoms with Crippen LogP contribution in [0.2, 0.25) is 0 Å². The van der Waals surface area contributed by atoms with E-state index < -0.39 is 0 Å². The van der Waals surface area contributed by atoms with Crippen LogP contribution in [0.3, 0.4) is 0 Å². The van der Waals surface area contributed by atoms with E-state index in [9.17, 15) is 0 Å². The van der Waals surface area contributed by atoms with Gasteiger partial charge >= 0.3 is 0 Å². The summed E-state index contributed by atoms with van der Waals surface area (Å²) in [5, 5.41) is 0. The van der Waals surface area contributed by atoms with Crippen LogP contribution in [-0.2, 0) is 19.4 Å². The maximum absolute atomic E-state index is 5.78. The van der Waals surface area contributed by atoms with Gasteiger partial charge in [0.15, 0.2) is 5.82 Å². The van der Waals surface area contributed by atoms with Gasteiger partial charge in [0, 0.05) is 17.8 Å². The lowest BCUT2D eigenvalue weighted by Gasteiger charge is -2.08. The summed E-state index contributed by atoms with van der Waals surface area (Å²) < 4.78 is 0. The second-order valence-corrected chi connectivity index (χ2v) is 4.34. The van der Waals surface area contributed by atoms with Gasteiger partial charge in [0.2, 0.25) is 0 Å². The number of benzene rings is 1. The van der Waals surface area contributed by atoms with Crippen LogP contribution in [0, 0.1) is 0 Å². The number of aryl methyl sites for hydroxylation is 1. The molecule has 2 N–H and O–H groups in total. The largest absolute Gasteiger partial charge is 0.325 e. The third-order valence-electron chi connectivity index (χ3n) is 3.24. The van der Waals surface area contributed by atoms with Gasteiger partial charge in [-0.15, -0.1) is 0 Å². The first-order valence-corrected chi connectivity index (χ1v) is 6.02.